The zero-order valence-corrected chi connectivity index (χ0v) is 13.8. The van der Waals surface area contributed by atoms with Gasteiger partial charge in [0.1, 0.15) is 12.1 Å². The van der Waals surface area contributed by atoms with Crippen LogP contribution in [-0.4, -0.2) is 26.4 Å². The monoisotopic (exact) mass is 323 g/mol. The van der Waals surface area contributed by atoms with Gasteiger partial charge in [-0.2, -0.15) is 5.10 Å². The molecule has 124 valence electrons. The van der Waals surface area contributed by atoms with Gasteiger partial charge in [0.05, 0.1) is 11.6 Å². The van der Waals surface area contributed by atoms with E-state index in [-0.39, 0.29) is 6.23 Å². The molecule has 0 saturated carbocycles. The van der Waals surface area contributed by atoms with Crippen LogP contribution in [0, 0.1) is 6.92 Å². The fourth-order valence-corrected chi connectivity index (χ4v) is 3.02. The summed E-state index contributed by atoms with van der Waals surface area (Å²) < 4.78 is 7.71. The Balaban J connectivity index is 1.57. The molecular formula is C18H21N5O. The van der Waals surface area contributed by atoms with Gasteiger partial charge in [-0.05, 0) is 31.7 Å². The third-order valence-electron chi connectivity index (χ3n) is 4.40. The Kier molecular flexibility index (Phi) is 4.13. The van der Waals surface area contributed by atoms with Crippen molar-refractivity contribution in [1.29, 1.82) is 0 Å². The molecule has 3 aromatic rings. The Bertz CT molecular complexity index is 821. The number of fused-ring (bicyclic) bond motifs is 1. The van der Waals surface area contributed by atoms with Crippen LogP contribution in [0.1, 0.15) is 36.6 Å². The van der Waals surface area contributed by atoms with Crippen LogP contribution < -0.4 is 5.32 Å². The first-order valence-electron chi connectivity index (χ1n) is 8.40. The van der Waals surface area contributed by atoms with Crippen molar-refractivity contribution in [3.8, 4) is 0 Å². The average molecular weight is 323 g/mol. The number of hydrogen-bond donors (Lipinski definition) is 1. The number of anilines is 1. The van der Waals surface area contributed by atoms with Crippen LogP contribution in [0.15, 0.2) is 36.8 Å². The second-order valence-corrected chi connectivity index (χ2v) is 6.21. The predicted octanol–water partition coefficient (Wildman–Crippen LogP) is 3.45. The van der Waals surface area contributed by atoms with E-state index in [0.29, 0.717) is 0 Å². The molecule has 1 fully saturated rings. The molecule has 1 saturated heterocycles. The first-order chi connectivity index (χ1) is 11.8. The molecule has 0 radical (unpaired) electrons. The van der Waals surface area contributed by atoms with Crippen LogP contribution in [0.4, 0.5) is 5.82 Å². The molecule has 4 rings (SSSR count). The highest BCUT2D eigenvalue weighted by Crippen LogP contribution is 2.27. The molecule has 6 nitrogen and oxygen atoms in total. The third-order valence-corrected chi connectivity index (χ3v) is 4.40. The van der Waals surface area contributed by atoms with Crippen molar-refractivity contribution < 1.29 is 4.74 Å². The molecule has 0 bridgehead atoms. The molecule has 6 heteroatoms. The summed E-state index contributed by atoms with van der Waals surface area (Å²) in [6, 6.07) is 8.48. The molecule has 0 spiro atoms. The molecule has 1 aliphatic rings. The van der Waals surface area contributed by atoms with Crippen LogP contribution in [0.3, 0.4) is 0 Å². The second kappa shape index (κ2) is 6.57. The Morgan fingerprint density at radius 3 is 2.88 bits per heavy atom. The van der Waals surface area contributed by atoms with Crippen molar-refractivity contribution in [2.24, 2.45) is 0 Å². The smallest absolute Gasteiger partial charge is 0.165 e. The quantitative estimate of drug-likeness (QED) is 0.796. The van der Waals surface area contributed by atoms with Gasteiger partial charge in [-0.15, -0.1) is 0 Å². The standard InChI is InChI=1S/C18H21N5O/c1-13-5-7-14(8-6-13)10-19-17-15-11-22-23(18(15)21-12-20-17)16-4-2-3-9-24-16/h5-8,11-12,16H,2-4,9-10H2,1H3,(H,19,20,21)/t16-/m1/s1. The third kappa shape index (κ3) is 2.97. The van der Waals surface area contributed by atoms with Gasteiger partial charge in [0, 0.05) is 13.2 Å². The molecule has 0 unspecified atom stereocenters. The van der Waals surface area contributed by atoms with E-state index in [1.54, 1.807) is 6.33 Å². The van der Waals surface area contributed by atoms with Crippen molar-refractivity contribution in [3.63, 3.8) is 0 Å². The minimum atomic E-state index is -0.0175. The first kappa shape index (κ1) is 15.1. The Morgan fingerprint density at radius 1 is 1.21 bits per heavy atom. The molecule has 1 aliphatic heterocycles. The Morgan fingerprint density at radius 2 is 2.08 bits per heavy atom. The SMILES string of the molecule is Cc1ccc(CNc2ncnc3c2cnn3[C@H]2CCCCO2)cc1. The van der Waals surface area contributed by atoms with E-state index in [1.807, 2.05) is 10.9 Å². The molecular weight excluding hydrogens is 302 g/mol. The predicted molar refractivity (Wildman–Crippen MR) is 92.7 cm³/mol. The Hall–Kier alpha value is -2.47. The minimum Gasteiger partial charge on any atom is -0.365 e. The summed E-state index contributed by atoms with van der Waals surface area (Å²) in [5, 5.41) is 8.82. The van der Waals surface area contributed by atoms with Crippen LogP contribution in [0.25, 0.3) is 11.0 Å². The van der Waals surface area contributed by atoms with Crippen molar-refractivity contribution >= 4 is 16.9 Å². The summed E-state index contributed by atoms with van der Waals surface area (Å²) in [7, 11) is 0. The Labute approximate surface area is 140 Å². The number of benzene rings is 1. The molecule has 3 heterocycles. The van der Waals surface area contributed by atoms with Gasteiger partial charge in [-0.25, -0.2) is 14.6 Å². The minimum absolute atomic E-state index is 0.0175. The fourth-order valence-electron chi connectivity index (χ4n) is 3.02. The summed E-state index contributed by atoms with van der Waals surface area (Å²) in [6.07, 6.45) is 6.65. The summed E-state index contributed by atoms with van der Waals surface area (Å²) in [5.41, 5.74) is 3.30. The highest BCUT2D eigenvalue weighted by molar-refractivity contribution is 5.86. The lowest BCUT2D eigenvalue weighted by Gasteiger charge is -2.22. The number of aryl methyl sites for hydroxylation is 1. The van der Waals surface area contributed by atoms with Crippen molar-refractivity contribution in [3.05, 3.63) is 47.9 Å². The van der Waals surface area contributed by atoms with Crippen LogP contribution in [0.2, 0.25) is 0 Å². The van der Waals surface area contributed by atoms with E-state index < -0.39 is 0 Å². The van der Waals surface area contributed by atoms with Gasteiger partial charge in [-0.3, -0.25) is 0 Å². The number of ether oxygens (including phenoxy) is 1. The van der Waals surface area contributed by atoms with Crippen LogP contribution >= 0.6 is 0 Å². The number of rotatable bonds is 4. The molecule has 1 N–H and O–H groups in total. The zero-order valence-electron chi connectivity index (χ0n) is 13.8. The topological polar surface area (TPSA) is 64.9 Å². The number of hydrogen-bond acceptors (Lipinski definition) is 5. The van der Waals surface area contributed by atoms with Gasteiger partial charge >= 0.3 is 0 Å². The van der Waals surface area contributed by atoms with E-state index in [9.17, 15) is 0 Å². The molecule has 1 aromatic carbocycles. The van der Waals surface area contributed by atoms with Crippen molar-refractivity contribution in [2.45, 2.75) is 39.0 Å². The van der Waals surface area contributed by atoms with Gasteiger partial charge in [-0.1, -0.05) is 29.8 Å². The summed E-state index contributed by atoms with van der Waals surface area (Å²) >= 11 is 0. The number of aromatic nitrogens is 4. The maximum Gasteiger partial charge on any atom is 0.165 e. The van der Waals surface area contributed by atoms with E-state index in [2.05, 4.69) is 51.6 Å². The van der Waals surface area contributed by atoms with E-state index >= 15 is 0 Å². The number of nitrogens with zero attached hydrogens (tertiary/aromatic N) is 4. The molecule has 24 heavy (non-hydrogen) atoms. The molecule has 0 amide bonds. The van der Waals surface area contributed by atoms with Crippen molar-refractivity contribution in [1.82, 2.24) is 19.7 Å². The number of nitrogens with one attached hydrogen (secondary N) is 1. The largest absolute Gasteiger partial charge is 0.365 e. The zero-order chi connectivity index (χ0) is 16.4. The van der Waals surface area contributed by atoms with E-state index in [0.717, 1.165) is 49.3 Å². The lowest BCUT2D eigenvalue weighted by atomic mass is 10.1. The highest BCUT2D eigenvalue weighted by atomic mass is 16.5. The average Bonchev–Trinajstić information content (AvgIpc) is 3.07. The van der Waals surface area contributed by atoms with E-state index in [4.69, 9.17) is 4.74 Å². The summed E-state index contributed by atoms with van der Waals surface area (Å²) in [6.45, 7) is 3.60. The fraction of sp³-hybridized carbons (Fsp3) is 0.389. The van der Waals surface area contributed by atoms with Gasteiger partial charge in [0.25, 0.3) is 0 Å². The maximum atomic E-state index is 5.83. The molecule has 2 aromatic heterocycles. The van der Waals surface area contributed by atoms with Gasteiger partial charge < -0.3 is 10.1 Å². The summed E-state index contributed by atoms with van der Waals surface area (Å²) in [5.74, 6) is 0.808. The van der Waals surface area contributed by atoms with Crippen LogP contribution in [-0.2, 0) is 11.3 Å². The lowest BCUT2D eigenvalue weighted by molar-refractivity contribution is -0.0370. The lowest BCUT2D eigenvalue weighted by Crippen LogP contribution is -2.19. The normalized spacial score (nSPS) is 18.0. The first-order valence-corrected chi connectivity index (χ1v) is 8.40. The summed E-state index contributed by atoms with van der Waals surface area (Å²) in [4.78, 5) is 8.79. The molecule has 1 atom stereocenters. The van der Waals surface area contributed by atoms with Gasteiger partial charge in [0.2, 0.25) is 0 Å². The molecule has 0 aliphatic carbocycles. The second-order valence-electron chi connectivity index (χ2n) is 6.21. The van der Waals surface area contributed by atoms with E-state index in [1.165, 1.54) is 11.1 Å². The highest BCUT2D eigenvalue weighted by Gasteiger charge is 2.20. The maximum absolute atomic E-state index is 5.83. The van der Waals surface area contributed by atoms with Crippen molar-refractivity contribution in [2.75, 3.05) is 11.9 Å². The van der Waals surface area contributed by atoms with Crippen LogP contribution in [0.5, 0.6) is 0 Å². The van der Waals surface area contributed by atoms with Gasteiger partial charge in [0.15, 0.2) is 11.9 Å².